The van der Waals surface area contributed by atoms with Gasteiger partial charge in [0.2, 0.25) is 0 Å². The topological polar surface area (TPSA) is 56.0 Å². The lowest BCUT2D eigenvalue weighted by atomic mass is 10.0. The molecule has 0 heterocycles. The van der Waals surface area contributed by atoms with Crippen molar-refractivity contribution >= 4 is 0 Å². The van der Waals surface area contributed by atoms with Crippen molar-refractivity contribution in [2.45, 2.75) is 33.4 Å². The molecule has 0 aromatic heterocycles. The van der Waals surface area contributed by atoms with Crippen LogP contribution in [0.25, 0.3) is 0 Å². The number of aliphatic hydroxyl groups excluding tert-OH is 1. The fourth-order valence-corrected chi connectivity index (χ4v) is 1.72. The molecule has 92 valence electrons. The zero-order valence-corrected chi connectivity index (χ0v) is 10.7. The van der Waals surface area contributed by atoms with Crippen molar-refractivity contribution in [1.82, 2.24) is 5.32 Å². The molecule has 0 fully saturated rings. The first-order valence-electron chi connectivity index (χ1n) is 5.92. The summed E-state index contributed by atoms with van der Waals surface area (Å²) in [7, 11) is 0. The number of rotatable bonds is 5. The normalized spacial score (nSPS) is 12.5. The van der Waals surface area contributed by atoms with E-state index in [-0.39, 0.29) is 12.6 Å². The summed E-state index contributed by atoms with van der Waals surface area (Å²) in [5.74, 6) is 0.402. The molecule has 3 nitrogen and oxygen atoms in total. The molecule has 0 aliphatic rings. The Morgan fingerprint density at radius 3 is 2.59 bits per heavy atom. The number of aryl methyl sites for hydroxylation is 1. The van der Waals surface area contributed by atoms with E-state index in [1.54, 1.807) is 0 Å². The average molecular weight is 232 g/mol. The Morgan fingerprint density at radius 2 is 2.12 bits per heavy atom. The first-order chi connectivity index (χ1) is 8.08. The van der Waals surface area contributed by atoms with Gasteiger partial charge in [0.15, 0.2) is 0 Å². The lowest BCUT2D eigenvalue weighted by Gasteiger charge is -2.20. The standard InChI is InChI=1S/C14H20N2O/c1-10(2)14(9-17)16-8-13-5-4-12(7-15)6-11(13)3/h4-6,10,14,16-17H,8-9H2,1-3H3. The van der Waals surface area contributed by atoms with Gasteiger partial charge in [-0.3, -0.25) is 0 Å². The van der Waals surface area contributed by atoms with Crippen LogP contribution in [0.15, 0.2) is 18.2 Å². The number of aliphatic hydroxyl groups is 1. The molecule has 0 spiro atoms. The molecular weight excluding hydrogens is 212 g/mol. The summed E-state index contributed by atoms with van der Waals surface area (Å²) < 4.78 is 0. The van der Waals surface area contributed by atoms with Gasteiger partial charge in [-0.2, -0.15) is 5.26 Å². The van der Waals surface area contributed by atoms with Crippen LogP contribution in [-0.4, -0.2) is 17.8 Å². The molecule has 0 amide bonds. The number of hydrogen-bond acceptors (Lipinski definition) is 3. The van der Waals surface area contributed by atoms with Crippen molar-refractivity contribution in [3.63, 3.8) is 0 Å². The van der Waals surface area contributed by atoms with Gasteiger partial charge in [0.25, 0.3) is 0 Å². The Bertz CT molecular complexity index is 407. The molecule has 1 atom stereocenters. The van der Waals surface area contributed by atoms with E-state index in [0.29, 0.717) is 11.5 Å². The highest BCUT2D eigenvalue weighted by molar-refractivity contribution is 5.37. The van der Waals surface area contributed by atoms with Gasteiger partial charge in [-0.25, -0.2) is 0 Å². The quantitative estimate of drug-likeness (QED) is 0.816. The molecule has 1 unspecified atom stereocenters. The summed E-state index contributed by atoms with van der Waals surface area (Å²) in [4.78, 5) is 0. The number of nitrogens with one attached hydrogen (secondary N) is 1. The van der Waals surface area contributed by atoms with Gasteiger partial charge in [-0.05, 0) is 36.1 Å². The molecule has 0 aliphatic carbocycles. The van der Waals surface area contributed by atoms with Crippen LogP contribution in [0.2, 0.25) is 0 Å². The first kappa shape index (κ1) is 13.7. The van der Waals surface area contributed by atoms with Crippen molar-refractivity contribution in [2.24, 2.45) is 5.92 Å². The molecule has 0 saturated heterocycles. The monoisotopic (exact) mass is 232 g/mol. The molecule has 2 N–H and O–H groups in total. The minimum atomic E-state index is 0.116. The third-order valence-electron chi connectivity index (χ3n) is 3.03. The van der Waals surface area contributed by atoms with Crippen LogP contribution in [0.4, 0.5) is 0 Å². The third kappa shape index (κ3) is 3.85. The Hall–Kier alpha value is -1.37. The summed E-state index contributed by atoms with van der Waals surface area (Å²) in [6.45, 7) is 7.04. The van der Waals surface area contributed by atoms with Crippen LogP contribution >= 0.6 is 0 Å². The third-order valence-corrected chi connectivity index (χ3v) is 3.03. The van der Waals surface area contributed by atoms with Crippen LogP contribution in [0.3, 0.4) is 0 Å². The van der Waals surface area contributed by atoms with E-state index < -0.39 is 0 Å². The maximum Gasteiger partial charge on any atom is 0.0991 e. The van der Waals surface area contributed by atoms with Crippen molar-refractivity contribution in [3.05, 3.63) is 34.9 Å². The van der Waals surface area contributed by atoms with Gasteiger partial charge in [0, 0.05) is 12.6 Å². The van der Waals surface area contributed by atoms with E-state index in [9.17, 15) is 5.11 Å². The van der Waals surface area contributed by atoms with E-state index in [4.69, 9.17) is 5.26 Å². The van der Waals surface area contributed by atoms with Gasteiger partial charge in [-0.15, -0.1) is 0 Å². The Kier molecular flexibility index (Phi) is 5.14. The van der Waals surface area contributed by atoms with E-state index in [0.717, 1.165) is 12.1 Å². The number of nitriles is 1. The SMILES string of the molecule is Cc1cc(C#N)ccc1CNC(CO)C(C)C. The fourth-order valence-electron chi connectivity index (χ4n) is 1.72. The van der Waals surface area contributed by atoms with Crippen molar-refractivity contribution in [1.29, 1.82) is 5.26 Å². The molecule has 1 rings (SSSR count). The maximum absolute atomic E-state index is 9.22. The number of benzene rings is 1. The Labute approximate surface area is 103 Å². The zero-order chi connectivity index (χ0) is 12.8. The maximum atomic E-state index is 9.22. The largest absolute Gasteiger partial charge is 0.395 e. The molecule has 0 radical (unpaired) electrons. The minimum Gasteiger partial charge on any atom is -0.395 e. The fraction of sp³-hybridized carbons (Fsp3) is 0.500. The van der Waals surface area contributed by atoms with Gasteiger partial charge >= 0.3 is 0 Å². The Balaban J connectivity index is 2.67. The average Bonchev–Trinajstić information content (AvgIpc) is 2.31. The molecule has 1 aromatic rings. The van der Waals surface area contributed by atoms with Crippen molar-refractivity contribution in [3.8, 4) is 6.07 Å². The first-order valence-corrected chi connectivity index (χ1v) is 5.92. The highest BCUT2D eigenvalue weighted by atomic mass is 16.3. The molecule has 0 bridgehead atoms. The van der Waals surface area contributed by atoms with E-state index in [1.807, 2.05) is 25.1 Å². The highest BCUT2D eigenvalue weighted by Crippen LogP contribution is 2.11. The summed E-state index contributed by atoms with van der Waals surface area (Å²) in [5, 5.41) is 21.3. The van der Waals surface area contributed by atoms with E-state index >= 15 is 0 Å². The van der Waals surface area contributed by atoms with Gasteiger partial charge in [0.05, 0.1) is 18.2 Å². The minimum absolute atomic E-state index is 0.116. The van der Waals surface area contributed by atoms with Crippen LogP contribution in [-0.2, 0) is 6.54 Å². The molecule has 17 heavy (non-hydrogen) atoms. The van der Waals surface area contributed by atoms with E-state index in [1.165, 1.54) is 5.56 Å². The molecule has 1 aromatic carbocycles. The molecular formula is C14H20N2O. The number of hydrogen-bond donors (Lipinski definition) is 2. The smallest absolute Gasteiger partial charge is 0.0991 e. The van der Waals surface area contributed by atoms with Crippen LogP contribution in [0, 0.1) is 24.2 Å². The molecule has 0 saturated carbocycles. The lowest BCUT2D eigenvalue weighted by Crippen LogP contribution is -2.36. The van der Waals surface area contributed by atoms with Crippen LogP contribution < -0.4 is 5.32 Å². The van der Waals surface area contributed by atoms with Crippen molar-refractivity contribution in [2.75, 3.05) is 6.61 Å². The molecule has 0 aliphatic heterocycles. The van der Waals surface area contributed by atoms with Gasteiger partial charge in [0.1, 0.15) is 0 Å². The zero-order valence-electron chi connectivity index (χ0n) is 10.7. The van der Waals surface area contributed by atoms with Gasteiger partial charge < -0.3 is 10.4 Å². The second-order valence-electron chi connectivity index (χ2n) is 4.67. The predicted octanol–water partition coefficient (Wildman–Crippen LogP) is 1.97. The van der Waals surface area contributed by atoms with E-state index in [2.05, 4.69) is 25.2 Å². The summed E-state index contributed by atoms with van der Waals surface area (Å²) in [5.41, 5.74) is 2.97. The Morgan fingerprint density at radius 1 is 1.41 bits per heavy atom. The summed E-state index contributed by atoms with van der Waals surface area (Å²) >= 11 is 0. The van der Waals surface area contributed by atoms with Crippen LogP contribution in [0.1, 0.15) is 30.5 Å². The second-order valence-corrected chi connectivity index (χ2v) is 4.67. The lowest BCUT2D eigenvalue weighted by molar-refractivity contribution is 0.210. The molecule has 3 heteroatoms. The van der Waals surface area contributed by atoms with Crippen molar-refractivity contribution < 1.29 is 5.11 Å². The highest BCUT2D eigenvalue weighted by Gasteiger charge is 2.11. The van der Waals surface area contributed by atoms with Crippen LogP contribution in [0.5, 0.6) is 0 Å². The summed E-state index contributed by atoms with van der Waals surface area (Å²) in [6, 6.07) is 7.93. The summed E-state index contributed by atoms with van der Waals surface area (Å²) in [6.07, 6.45) is 0. The van der Waals surface area contributed by atoms with Gasteiger partial charge in [-0.1, -0.05) is 19.9 Å². The second kappa shape index (κ2) is 6.39. The number of nitrogens with zero attached hydrogens (tertiary/aromatic N) is 1. The predicted molar refractivity (Wildman–Crippen MR) is 68.4 cm³/mol.